The number of nitrogens with zero attached hydrogens (tertiary/aromatic N) is 4. The van der Waals surface area contributed by atoms with Gasteiger partial charge in [-0.3, -0.25) is 15.5 Å². The fourth-order valence-corrected chi connectivity index (χ4v) is 4.35. The lowest BCUT2D eigenvalue weighted by Crippen LogP contribution is -2.27. The standard InChI is InChI=1S/C18H17N5O4S/c19-12-14-3-5-15(6-4-14)13-20-21-17-8-7-16(11-18(17)23(24)25)28(26,27)22-9-1-2-10-22/h3-8,11,13,21H,1-2,9-10H2/b20-13+. The Kier molecular flexibility index (Phi) is 5.67. The van der Waals surface area contributed by atoms with Gasteiger partial charge in [0.2, 0.25) is 10.0 Å². The highest BCUT2D eigenvalue weighted by Gasteiger charge is 2.29. The van der Waals surface area contributed by atoms with Gasteiger partial charge in [-0.1, -0.05) is 12.1 Å². The number of rotatable bonds is 6. The van der Waals surface area contributed by atoms with Crippen LogP contribution < -0.4 is 5.43 Å². The van der Waals surface area contributed by atoms with E-state index in [4.69, 9.17) is 5.26 Å². The monoisotopic (exact) mass is 399 g/mol. The largest absolute Gasteiger partial charge is 0.295 e. The van der Waals surface area contributed by atoms with Crippen molar-refractivity contribution in [2.75, 3.05) is 18.5 Å². The molecule has 10 heteroatoms. The predicted molar refractivity (Wildman–Crippen MR) is 103 cm³/mol. The second-order valence-corrected chi connectivity index (χ2v) is 8.09. The summed E-state index contributed by atoms with van der Waals surface area (Å²) in [4.78, 5) is 10.6. The molecule has 1 heterocycles. The van der Waals surface area contributed by atoms with Crippen LogP contribution in [0.3, 0.4) is 0 Å². The molecule has 0 radical (unpaired) electrons. The quantitative estimate of drug-likeness (QED) is 0.452. The minimum atomic E-state index is -3.75. The molecule has 2 aromatic rings. The average molecular weight is 399 g/mol. The van der Waals surface area contributed by atoms with Gasteiger partial charge in [-0.15, -0.1) is 0 Å². The number of hydrogen-bond acceptors (Lipinski definition) is 7. The first-order chi connectivity index (χ1) is 13.4. The summed E-state index contributed by atoms with van der Waals surface area (Å²) in [6, 6.07) is 12.3. The molecule has 1 N–H and O–H groups in total. The minimum absolute atomic E-state index is 0.0790. The van der Waals surface area contributed by atoms with Crippen molar-refractivity contribution in [1.29, 1.82) is 5.26 Å². The van der Waals surface area contributed by atoms with Crippen molar-refractivity contribution in [3.8, 4) is 6.07 Å². The van der Waals surface area contributed by atoms with E-state index in [0.29, 0.717) is 24.2 Å². The van der Waals surface area contributed by atoms with Crippen molar-refractivity contribution >= 4 is 27.6 Å². The molecule has 1 saturated heterocycles. The summed E-state index contributed by atoms with van der Waals surface area (Å²) in [7, 11) is -3.75. The Morgan fingerprint density at radius 2 is 1.86 bits per heavy atom. The van der Waals surface area contributed by atoms with Crippen LogP contribution >= 0.6 is 0 Å². The first-order valence-corrected chi connectivity index (χ1v) is 9.93. The van der Waals surface area contributed by atoms with Gasteiger partial charge in [0, 0.05) is 19.2 Å². The molecule has 0 amide bonds. The second kappa shape index (κ2) is 8.16. The van der Waals surface area contributed by atoms with Gasteiger partial charge in [0.25, 0.3) is 5.69 Å². The van der Waals surface area contributed by atoms with Gasteiger partial charge in [0.05, 0.1) is 27.7 Å². The lowest BCUT2D eigenvalue weighted by molar-refractivity contribution is -0.384. The molecule has 2 aromatic carbocycles. The van der Waals surface area contributed by atoms with Crippen LogP contribution in [0.4, 0.5) is 11.4 Å². The van der Waals surface area contributed by atoms with Gasteiger partial charge in [-0.2, -0.15) is 14.7 Å². The van der Waals surface area contributed by atoms with Crippen molar-refractivity contribution in [3.05, 3.63) is 63.7 Å². The summed E-state index contributed by atoms with van der Waals surface area (Å²) >= 11 is 0. The Morgan fingerprint density at radius 1 is 1.18 bits per heavy atom. The molecular weight excluding hydrogens is 382 g/mol. The van der Waals surface area contributed by atoms with Crippen LogP contribution in [0.5, 0.6) is 0 Å². The van der Waals surface area contributed by atoms with Crippen molar-refractivity contribution in [2.45, 2.75) is 17.7 Å². The molecule has 9 nitrogen and oxygen atoms in total. The van der Waals surface area contributed by atoms with E-state index in [1.165, 1.54) is 22.7 Å². The molecule has 0 saturated carbocycles. The fraction of sp³-hybridized carbons (Fsp3) is 0.222. The number of nitriles is 1. The van der Waals surface area contributed by atoms with E-state index in [0.717, 1.165) is 18.9 Å². The van der Waals surface area contributed by atoms with Crippen LogP contribution in [-0.4, -0.2) is 37.0 Å². The second-order valence-electron chi connectivity index (χ2n) is 6.15. The van der Waals surface area contributed by atoms with Crippen LogP contribution in [0.1, 0.15) is 24.0 Å². The first-order valence-electron chi connectivity index (χ1n) is 8.49. The van der Waals surface area contributed by atoms with Crippen molar-refractivity contribution in [2.24, 2.45) is 5.10 Å². The molecular formula is C18H17N5O4S. The highest BCUT2D eigenvalue weighted by Crippen LogP contribution is 2.30. The molecule has 0 bridgehead atoms. The maximum atomic E-state index is 12.6. The van der Waals surface area contributed by atoms with Crippen molar-refractivity contribution in [3.63, 3.8) is 0 Å². The van der Waals surface area contributed by atoms with Crippen molar-refractivity contribution in [1.82, 2.24) is 4.31 Å². The number of nitrogens with one attached hydrogen (secondary N) is 1. The van der Waals surface area contributed by atoms with E-state index >= 15 is 0 Å². The van der Waals surface area contributed by atoms with Crippen LogP contribution in [-0.2, 0) is 10.0 Å². The van der Waals surface area contributed by atoms with Crippen LogP contribution in [0.25, 0.3) is 0 Å². The lowest BCUT2D eigenvalue weighted by atomic mass is 10.2. The Hall–Kier alpha value is -3.29. The van der Waals surface area contributed by atoms with Crippen LogP contribution in [0.15, 0.2) is 52.5 Å². The number of nitro benzene ring substituents is 1. The van der Waals surface area contributed by atoms with Crippen LogP contribution in [0.2, 0.25) is 0 Å². The molecule has 28 heavy (non-hydrogen) atoms. The third kappa shape index (κ3) is 4.16. The maximum Gasteiger partial charge on any atom is 0.295 e. The van der Waals surface area contributed by atoms with Crippen LogP contribution in [0, 0.1) is 21.4 Å². The molecule has 0 unspecified atom stereocenters. The van der Waals surface area contributed by atoms with Gasteiger partial charge >= 0.3 is 0 Å². The average Bonchev–Trinajstić information content (AvgIpc) is 3.24. The zero-order valence-electron chi connectivity index (χ0n) is 14.8. The SMILES string of the molecule is N#Cc1ccc(/C=N/Nc2ccc(S(=O)(=O)N3CCCC3)cc2[N+](=O)[O-])cc1. The Labute approximate surface area is 162 Å². The van der Waals surface area contributed by atoms with Gasteiger partial charge in [-0.05, 0) is 42.7 Å². The lowest BCUT2D eigenvalue weighted by Gasteiger charge is -2.15. The normalized spacial score (nSPS) is 14.8. The van der Waals surface area contributed by atoms with E-state index in [-0.39, 0.29) is 16.3 Å². The van der Waals surface area contributed by atoms with Gasteiger partial charge in [0.1, 0.15) is 5.69 Å². The molecule has 0 spiro atoms. The summed E-state index contributed by atoms with van der Waals surface area (Å²) in [5.74, 6) is 0. The third-order valence-electron chi connectivity index (χ3n) is 4.31. The van der Waals surface area contributed by atoms with E-state index in [1.54, 1.807) is 24.3 Å². The van der Waals surface area contributed by atoms with Gasteiger partial charge < -0.3 is 0 Å². The number of sulfonamides is 1. The van der Waals surface area contributed by atoms with E-state index in [9.17, 15) is 18.5 Å². The van der Waals surface area contributed by atoms with Gasteiger partial charge in [0.15, 0.2) is 0 Å². The zero-order chi connectivity index (χ0) is 20.1. The smallest absolute Gasteiger partial charge is 0.272 e. The van der Waals surface area contributed by atoms with Gasteiger partial charge in [-0.25, -0.2) is 8.42 Å². The fourth-order valence-electron chi connectivity index (χ4n) is 2.82. The molecule has 3 rings (SSSR count). The Balaban J connectivity index is 1.82. The molecule has 0 atom stereocenters. The summed E-state index contributed by atoms with van der Waals surface area (Å²) in [6.07, 6.45) is 3.01. The Bertz CT molecular complexity index is 1050. The molecule has 1 fully saturated rings. The van der Waals surface area contributed by atoms with E-state index in [2.05, 4.69) is 10.5 Å². The number of anilines is 1. The number of benzene rings is 2. The predicted octanol–water partition coefficient (Wildman–Crippen LogP) is 2.70. The first kappa shape index (κ1) is 19.5. The summed E-state index contributed by atoms with van der Waals surface area (Å²) in [5.41, 5.74) is 3.48. The highest BCUT2D eigenvalue weighted by molar-refractivity contribution is 7.89. The van der Waals surface area contributed by atoms with Crippen molar-refractivity contribution < 1.29 is 13.3 Å². The summed E-state index contributed by atoms with van der Waals surface area (Å²) < 4.78 is 26.5. The minimum Gasteiger partial charge on any atom is -0.272 e. The summed E-state index contributed by atoms with van der Waals surface area (Å²) in [6.45, 7) is 0.843. The zero-order valence-corrected chi connectivity index (χ0v) is 15.6. The molecule has 0 aliphatic carbocycles. The third-order valence-corrected chi connectivity index (χ3v) is 6.20. The number of nitro groups is 1. The topological polar surface area (TPSA) is 129 Å². The molecule has 1 aliphatic rings. The van der Waals surface area contributed by atoms with E-state index in [1.807, 2.05) is 6.07 Å². The molecule has 1 aliphatic heterocycles. The summed E-state index contributed by atoms with van der Waals surface area (Å²) in [5, 5.41) is 24.1. The van der Waals surface area contributed by atoms with E-state index < -0.39 is 14.9 Å². The maximum absolute atomic E-state index is 12.6. The molecule has 144 valence electrons. The Morgan fingerprint density at radius 3 is 2.46 bits per heavy atom. The number of hydrazone groups is 1. The molecule has 0 aromatic heterocycles. The number of hydrogen-bond donors (Lipinski definition) is 1. The highest BCUT2D eigenvalue weighted by atomic mass is 32.2.